The van der Waals surface area contributed by atoms with Gasteiger partial charge < -0.3 is 39.0 Å². The summed E-state index contributed by atoms with van der Waals surface area (Å²) >= 11 is 0. The van der Waals surface area contributed by atoms with E-state index in [1.165, 1.54) is 21.1 Å². The second-order valence-electron chi connectivity index (χ2n) is 18.0. The summed E-state index contributed by atoms with van der Waals surface area (Å²) in [5.74, 6) is -10.3. The van der Waals surface area contributed by atoms with Crippen molar-refractivity contribution in [1.29, 1.82) is 0 Å². The number of aliphatic hydroxyl groups is 3. The summed E-state index contributed by atoms with van der Waals surface area (Å²) in [6.07, 6.45) is 2.58. The van der Waals surface area contributed by atoms with Gasteiger partial charge in [0.15, 0.2) is 0 Å². The molecule has 4 rings (SSSR count). The predicted molar refractivity (Wildman–Crippen MR) is 214 cm³/mol. The minimum Gasteiger partial charge on any atom is -0.457 e. The van der Waals surface area contributed by atoms with Crippen molar-refractivity contribution >= 4 is 29.1 Å². The average Bonchev–Trinajstić information content (AvgIpc) is 3.18. The molecule has 0 aromatic heterocycles. The van der Waals surface area contributed by atoms with Crippen LogP contribution in [0.2, 0.25) is 0 Å². The lowest BCUT2D eigenvalue weighted by Crippen LogP contribution is -2.62. The number of Topliss-reactive ketones (excluding diaryl/α,β-unsaturated/α-hetero) is 4. The van der Waals surface area contributed by atoms with Crippen molar-refractivity contribution in [3.8, 4) is 0 Å². The first-order valence-electron chi connectivity index (χ1n) is 21.4. The number of hydrogen-bond acceptors (Lipinski definition) is 13. The molecule has 0 spiro atoms. The van der Waals surface area contributed by atoms with E-state index in [-0.39, 0.29) is 61.6 Å². The van der Waals surface area contributed by atoms with Gasteiger partial charge in [0.25, 0.3) is 5.78 Å². The molecule has 2 saturated carbocycles. The third-order valence-electron chi connectivity index (χ3n) is 13.4. The largest absolute Gasteiger partial charge is 0.457 e. The van der Waals surface area contributed by atoms with Crippen LogP contribution in [0.4, 0.5) is 0 Å². The molecular weight excluding hydrogens is 748 g/mol. The zero-order valence-corrected chi connectivity index (χ0v) is 36.1. The number of aliphatic hydroxyl groups excluding tert-OH is 2. The first-order valence-corrected chi connectivity index (χ1v) is 21.4. The Morgan fingerprint density at radius 2 is 1.47 bits per heavy atom. The van der Waals surface area contributed by atoms with Crippen LogP contribution < -0.4 is 0 Å². The maximum atomic E-state index is 14.4. The number of carbonyl (C=O) groups excluding carboxylic acids is 5. The summed E-state index contributed by atoms with van der Waals surface area (Å²) < 4.78 is 29.8. The topological polar surface area (TPSA) is 192 Å². The monoisotopic (exact) mass is 818 g/mol. The van der Waals surface area contributed by atoms with Crippen LogP contribution in [-0.4, -0.2) is 114 Å². The van der Waals surface area contributed by atoms with E-state index in [0.717, 1.165) is 5.57 Å². The average molecular weight is 819 g/mol. The summed E-state index contributed by atoms with van der Waals surface area (Å²) in [5, 5.41) is 34.2. The first kappa shape index (κ1) is 48.0. The summed E-state index contributed by atoms with van der Waals surface area (Å²) in [7, 11) is 4.57. The molecule has 0 amide bonds. The van der Waals surface area contributed by atoms with E-state index >= 15 is 0 Å². The van der Waals surface area contributed by atoms with E-state index in [4.69, 9.17) is 23.7 Å². The van der Waals surface area contributed by atoms with Crippen LogP contribution >= 0.6 is 0 Å². The smallest absolute Gasteiger partial charge is 0.310 e. The SMILES string of the molecule is CO[C@H]1C[C@@H](C)C/C(C)=C/[C@@H](CC(C)=O)C(=O)C[C@H](O)[C@@H](C)C(/C(C)=C/[C@@H]2CC[C@@H](O)[C@H](OC)C2)OC(=O)C2CCCCC2C(=O)C(=O)[C@]2(O)O[C@H]1[C@@H](OC)C[C@H]2C. The molecule has 13 nitrogen and oxygen atoms in total. The number of allylic oxidation sites excluding steroid dienone is 3. The van der Waals surface area contributed by atoms with Gasteiger partial charge in [0.2, 0.25) is 11.6 Å². The Morgan fingerprint density at radius 3 is 2.09 bits per heavy atom. The van der Waals surface area contributed by atoms with Gasteiger partial charge in [-0.15, -0.1) is 0 Å². The molecule has 2 heterocycles. The zero-order valence-electron chi connectivity index (χ0n) is 36.1. The number of ether oxygens (including phenoxy) is 5. The highest BCUT2D eigenvalue weighted by Gasteiger charge is 2.57. The fourth-order valence-corrected chi connectivity index (χ4v) is 9.91. The number of esters is 1. The van der Waals surface area contributed by atoms with Gasteiger partial charge in [-0.1, -0.05) is 51.3 Å². The number of fused-ring (bicyclic) bond motifs is 3. The summed E-state index contributed by atoms with van der Waals surface area (Å²) in [4.78, 5) is 69.3. The quantitative estimate of drug-likeness (QED) is 0.176. The van der Waals surface area contributed by atoms with E-state index in [2.05, 4.69) is 0 Å². The first-order chi connectivity index (χ1) is 27.3. The fraction of sp³-hybridized carbons (Fsp3) is 0.800. The van der Waals surface area contributed by atoms with E-state index in [9.17, 15) is 39.3 Å². The molecular formula is C45H70O13. The molecule has 1 saturated heterocycles. The molecule has 58 heavy (non-hydrogen) atoms. The van der Waals surface area contributed by atoms with E-state index in [0.29, 0.717) is 50.5 Å². The third kappa shape index (κ3) is 11.6. The van der Waals surface area contributed by atoms with Gasteiger partial charge >= 0.3 is 5.97 Å². The van der Waals surface area contributed by atoms with Crippen LogP contribution in [0.15, 0.2) is 23.3 Å². The van der Waals surface area contributed by atoms with Gasteiger partial charge in [-0.3, -0.25) is 24.0 Å². The lowest BCUT2D eigenvalue weighted by molar-refractivity contribution is -0.302. The number of carbonyl (C=O) groups is 5. The van der Waals surface area contributed by atoms with Gasteiger partial charge in [-0.25, -0.2) is 0 Å². The number of ketones is 4. The molecule has 4 aliphatic rings. The maximum absolute atomic E-state index is 14.4. The second kappa shape index (κ2) is 21.2. The fourth-order valence-electron chi connectivity index (χ4n) is 9.91. The molecule has 15 atom stereocenters. The molecule has 13 heteroatoms. The predicted octanol–water partition coefficient (Wildman–Crippen LogP) is 5.04. The minimum atomic E-state index is -2.49. The van der Waals surface area contributed by atoms with Crippen molar-refractivity contribution in [3.05, 3.63) is 23.3 Å². The standard InChI is InChI=1S/C45H70O13/c1-24-16-25(2)18-38(55-8)42-39(56-9)20-27(4)45(53,58-42)43(51)40(50)32-12-10-11-13-33(32)44(52)57-41(26(3)19-30-14-15-34(47)37(22-30)54-7)29(6)35(48)23-36(49)31(17-24)21-28(5)46/h17,19,25,27,29-35,37-39,41-42,47-48,53H,10-16,18,20-23H2,1-9H3/b24-17+,26-19+/t25-,27+,29+,30-,31-,32?,33?,34+,35-,37+,38-,39-,41?,42+,45+/m0/s1. The van der Waals surface area contributed by atoms with Crippen LogP contribution in [0.5, 0.6) is 0 Å². The van der Waals surface area contributed by atoms with Crippen molar-refractivity contribution in [2.45, 2.75) is 167 Å². The summed E-state index contributed by atoms with van der Waals surface area (Å²) in [5.41, 5.74) is 1.49. The van der Waals surface area contributed by atoms with Gasteiger partial charge in [0, 0.05) is 57.8 Å². The van der Waals surface area contributed by atoms with Gasteiger partial charge in [-0.2, -0.15) is 0 Å². The third-order valence-corrected chi connectivity index (χ3v) is 13.4. The Kier molecular flexibility index (Phi) is 17.6. The zero-order chi connectivity index (χ0) is 43.1. The van der Waals surface area contributed by atoms with Gasteiger partial charge in [0.05, 0.1) is 36.4 Å². The number of hydrogen-bond donors (Lipinski definition) is 3. The van der Waals surface area contributed by atoms with Crippen LogP contribution in [-0.2, 0) is 47.7 Å². The van der Waals surface area contributed by atoms with Crippen LogP contribution in [0.3, 0.4) is 0 Å². The highest BCUT2D eigenvalue weighted by atomic mass is 16.7. The number of rotatable bonds is 7. The van der Waals surface area contributed by atoms with Crippen LogP contribution in [0.25, 0.3) is 0 Å². The highest BCUT2D eigenvalue weighted by Crippen LogP contribution is 2.41. The molecule has 3 unspecified atom stereocenters. The summed E-state index contributed by atoms with van der Waals surface area (Å²) in [6, 6.07) is 0. The van der Waals surface area contributed by atoms with Crippen molar-refractivity contribution < 1.29 is 63.0 Å². The van der Waals surface area contributed by atoms with E-state index in [1.807, 2.05) is 19.9 Å². The van der Waals surface area contributed by atoms with Crippen LogP contribution in [0.1, 0.15) is 119 Å². The van der Waals surface area contributed by atoms with Crippen LogP contribution in [0, 0.1) is 41.4 Å². The van der Waals surface area contributed by atoms with Crippen molar-refractivity contribution in [3.63, 3.8) is 0 Å². The molecule has 2 aliphatic carbocycles. The lowest BCUT2D eigenvalue weighted by Gasteiger charge is -2.46. The molecule has 0 radical (unpaired) electrons. The Bertz CT molecular complexity index is 1520. The summed E-state index contributed by atoms with van der Waals surface area (Å²) in [6.45, 7) is 10.4. The van der Waals surface area contributed by atoms with Crippen molar-refractivity contribution in [2.75, 3.05) is 21.3 Å². The Balaban J connectivity index is 1.79. The normalized spacial score (nSPS) is 41.7. The van der Waals surface area contributed by atoms with E-state index in [1.54, 1.807) is 34.0 Å². The minimum absolute atomic E-state index is 0.0299. The Morgan fingerprint density at radius 1 is 0.845 bits per heavy atom. The van der Waals surface area contributed by atoms with Crippen molar-refractivity contribution in [2.24, 2.45) is 41.4 Å². The highest BCUT2D eigenvalue weighted by molar-refractivity contribution is 6.41. The molecule has 3 N–H and O–H groups in total. The van der Waals surface area contributed by atoms with E-state index < -0.39 is 89.5 Å². The maximum Gasteiger partial charge on any atom is 0.310 e. The second-order valence-corrected chi connectivity index (χ2v) is 18.0. The molecule has 2 aliphatic heterocycles. The van der Waals surface area contributed by atoms with Crippen molar-refractivity contribution in [1.82, 2.24) is 0 Å². The molecule has 0 aromatic carbocycles. The molecule has 0 aromatic rings. The van der Waals surface area contributed by atoms with Gasteiger partial charge in [0.1, 0.15) is 23.8 Å². The lowest BCUT2D eigenvalue weighted by atomic mass is 9.73. The molecule has 328 valence electrons. The van der Waals surface area contributed by atoms with Gasteiger partial charge in [-0.05, 0) is 89.5 Å². The molecule has 2 bridgehead atoms. The number of cyclic esters (lactones) is 1. The molecule has 3 fully saturated rings. The Labute approximate surface area is 344 Å². The Hall–Kier alpha value is -2.65. The number of methoxy groups -OCH3 is 3.